The molecule has 1 amide bonds. The van der Waals surface area contributed by atoms with E-state index in [4.69, 9.17) is 16.3 Å². The van der Waals surface area contributed by atoms with Gasteiger partial charge in [0.15, 0.2) is 6.10 Å². The Morgan fingerprint density at radius 2 is 2.08 bits per heavy atom. The third-order valence-corrected chi connectivity index (χ3v) is 4.97. The maximum atomic E-state index is 13.0. The first-order chi connectivity index (χ1) is 11.8. The highest BCUT2D eigenvalue weighted by Crippen LogP contribution is 2.25. The number of benzene rings is 1. The summed E-state index contributed by atoms with van der Waals surface area (Å²) >= 11 is 7.22. The molecule has 0 spiro atoms. The van der Waals surface area contributed by atoms with Crippen LogP contribution in [-0.2, 0) is 16.0 Å². The minimum Gasteiger partial charge on any atom is -0.448 e. The fraction of sp³-hybridized carbons (Fsp3) is 0.333. The van der Waals surface area contributed by atoms with Crippen molar-refractivity contribution in [3.63, 3.8) is 0 Å². The van der Waals surface area contributed by atoms with Crippen molar-refractivity contribution in [1.82, 2.24) is 0 Å². The maximum Gasteiger partial charge on any atom is 0.349 e. The molecule has 0 radical (unpaired) electrons. The molecule has 0 aliphatic carbocycles. The van der Waals surface area contributed by atoms with Crippen LogP contribution < -0.4 is 5.32 Å². The van der Waals surface area contributed by atoms with E-state index >= 15 is 0 Å². The van der Waals surface area contributed by atoms with E-state index in [0.29, 0.717) is 4.88 Å². The van der Waals surface area contributed by atoms with Crippen molar-refractivity contribution in [2.24, 2.45) is 0 Å². The molecular weight excluding hydrogens is 365 g/mol. The molecule has 0 fully saturated rings. The minimum absolute atomic E-state index is 0.0740. The molecule has 0 saturated carbocycles. The van der Waals surface area contributed by atoms with E-state index in [2.05, 4.69) is 12.2 Å². The van der Waals surface area contributed by atoms with Crippen LogP contribution in [0.1, 0.15) is 40.4 Å². The van der Waals surface area contributed by atoms with Crippen molar-refractivity contribution in [3.8, 4) is 0 Å². The fourth-order valence-corrected chi connectivity index (χ4v) is 3.40. The lowest BCUT2D eigenvalue weighted by atomic mass is 10.1. The number of nitrogens with one attached hydrogen (secondary N) is 1. The lowest BCUT2D eigenvalue weighted by Crippen LogP contribution is -2.29. The van der Waals surface area contributed by atoms with Gasteiger partial charge in [0.2, 0.25) is 0 Å². The second kappa shape index (κ2) is 8.45. The second-order valence-electron chi connectivity index (χ2n) is 5.60. The predicted octanol–water partition coefficient (Wildman–Crippen LogP) is 4.99. The van der Waals surface area contributed by atoms with E-state index in [0.717, 1.165) is 29.3 Å². The molecule has 1 heterocycles. The number of carbonyl (C=O) groups excluding carboxylic acids is 2. The van der Waals surface area contributed by atoms with E-state index in [1.807, 2.05) is 13.0 Å². The van der Waals surface area contributed by atoms with Gasteiger partial charge in [-0.3, -0.25) is 4.79 Å². The Kier molecular flexibility index (Phi) is 6.56. The lowest BCUT2D eigenvalue weighted by Gasteiger charge is -2.13. The molecule has 1 unspecified atom stereocenters. The van der Waals surface area contributed by atoms with Gasteiger partial charge in [-0.2, -0.15) is 0 Å². The number of halogens is 2. The minimum atomic E-state index is -1.01. The lowest BCUT2D eigenvalue weighted by molar-refractivity contribution is -0.123. The zero-order valence-corrected chi connectivity index (χ0v) is 15.8. The van der Waals surface area contributed by atoms with Crippen molar-refractivity contribution < 1.29 is 18.7 Å². The molecule has 1 aromatic heterocycles. The van der Waals surface area contributed by atoms with Crippen molar-refractivity contribution in [2.75, 3.05) is 5.32 Å². The molecule has 1 aromatic carbocycles. The summed E-state index contributed by atoms with van der Waals surface area (Å²) in [6.45, 7) is 5.50. The van der Waals surface area contributed by atoms with Gasteiger partial charge in [0.1, 0.15) is 10.7 Å². The van der Waals surface area contributed by atoms with Crippen LogP contribution in [0.2, 0.25) is 5.02 Å². The van der Waals surface area contributed by atoms with Gasteiger partial charge in [-0.05, 0) is 50.1 Å². The van der Waals surface area contributed by atoms with Gasteiger partial charge in [-0.15, -0.1) is 11.3 Å². The molecule has 4 nitrogen and oxygen atoms in total. The average molecular weight is 384 g/mol. The molecule has 7 heteroatoms. The van der Waals surface area contributed by atoms with Crippen molar-refractivity contribution in [2.45, 2.75) is 39.7 Å². The molecule has 1 N–H and O–H groups in total. The van der Waals surface area contributed by atoms with Crippen molar-refractivity contribution >= 4 is 40.5 Å². The van der Waals surface area contributed by atoms with Crippen LogP contribution in [0.4, 0.5) is 10.1 Å². The normalized spacial score (nSPS) is 11.9. The molecule has 0 bridgehead atoms. The smallest absolute Gasteiger partial charge is 0.349 e. The fourth-order valence-electron chi connectivity index (χ4n) is 2.24. The first kappa shape index (κ1) is 19.4. The molecule has 1 atom stereocenters. The van der Waals surface area contributed by atoms with Crippen LogP contribution in [0.3, 0.4) is 0 Å². The van der Waals surface area contributed by atoms with Crippen LogP contribution in [0.15, 0.2) is 24.3 Å². The van der Waals surface area contributed by atoms with Crippen LogP contribution in [0, 0.1) is 12.7 Å². The van der Waals surface area contributed by atoms with Crippen molar-refractivity contribution in [3.05, 3.63) is 50.4 Å². The number of carbonyl (C=O) groups is 2. The topological polar surface area (TPSA) is 55.4 Å². The molecule has 25 heavy (non-hydrogen) atoms. The summed E-state index contributed by atoms with van der Waals surface area (Å²) in [7, 11) is 0. The molecule has 0 aliphatic rings. The number of anilines is 1. The van der Waals surface area contributed by atoms with E-state index in [-0.39, 0.29) is 10.7 Å². The first-order valence-electron chi connectivity index (χ1n) is 7.88. The summed E-state index contributed by atoms with van der Waals surface area (Å²) in [6, 6.07) is 5.44. The molecule has 0 saturated heterocycles. The summed E-state index contributed by atoms with van der Waals surface area (Å²) in [6.07, 6.45) is 0.878. The Bertz CT molecular complexity index is 791. The van der Waals surface area contributed by atoms with Gasteiger partial charge in [0.25, 0.3) is 5.91 Å². The number of thiophene rings is 1. The van der Waals surface area contributed by atoms with Crippen LogP contribution in [0.25, 0.3) is 0 Å². The number of amides is 1. The standard InChI is InChI=1S/C18H19ClFNO3S/c1-4-5-12-8-16(25-11(12)3)18(23)24-10(2)17(22)21-15-7-6-13(20)9-14(15)19/h6-10H,4-5H2,1-3H3,(H,21,22). The highest BCUT2D eigenvalue weighted by molar-refractivity contribution is 7.14. The van der Waals surface area contributed by atoms with E-state index in [1.54, 1.807) is 0 Å². The summed E-state index contributed by atoms with van der Waals surface area (Å²) in [5, 5.41) is 2.59. The molecule has 2 aromatic rings. The van der Waals surface area contributed by atoms with Gasteiger partial charge in [0.05, 0.1) is 10.7 Å². The summed E-state index contributed by atoms with van der Waals surface area (Å²) < 4.78 is 18.3. The monoisotopic (exact) mass is 383 g/mol. The Balaban J connectivity index is 2.00. The third kappa shape index (κ3) is 5.03. The first-order valence-corrected chi connectivity index (χ1v) is 9.07. The number of ether oxygens (including phenoxy) is 1. The molecular formula is C18H19ClFNO3S. The SMILES string of the molecule is CCCc1cc(C(=O)OC(C)C(=O)Nc2ccc(F)cc2Cl)sc1C. The van der Waals surface area contributed by atoms with Gasteiger partial charge >= 0.3 is 5.97 Å². The van der Waals surface area contributed by atoms with Crippen LogP contribution in [-0.4, -0.2) is 18.0 Å². The number of aryl methyl sites for hydroxylation is 2. The maximum absolute atomic E-state index is 13.0. The van der Waals surface area contributed by atoms with Gasteiger partial charge < -0.3 is 10.1 Å². The summed E-state index contributed by atoms with van der Waals surface area (Å²) in [4.78, 5) is 25.9. The Morgan fingerprint density at radius 3 is 2.72 bits per heavy atom. The largest absolute Gasteiger partial charge is 0.448 e. The highest BCUT2D eigenvalue weighted by Gasteiger charge is 2.21. The van der Waals surface area contributed by atoms with Gasteiger partial charge in [-0.25, -0.2) is 9.18 Å². The Hall–Kier alpha value is -1.92. The quantitative estimate of drug-likeness (QED) is 0.715. The van der Waals surface area contributed by atoms with Crippen molar-refractivity contribution in [1.29, 1.82) is 0 Å². The van der Waals surface area contributed by atoms with E-state index in [9.17, 15) is 14.0 Å². The van der Waals surface area contributed by atoms with Crippen LogP contribution in [0.5, 0.6) is 0 Å². The summed E-state index contributed by atoms with van der Waals surface area (Å²) in [5.74, 6) is -1.58. The third-order valence-electron chi connectivity index (χ3n) is 3.58. The number of hydrogen-bond donors (Lipinski definition) is 1. The van der Waals surface area contributed by atoms with E-state index < -0.39 is 23.8 Å². The highest BCUT2D eigenvalue weighted by atomic mass is 35.5. The van der Waals surface area contributed by atoms with Gasteiger partial charge in [0, 0.05) is 4.88 Å². The zero-order valence-electron chi connectivity index (χ0n) is 14.2. The average Bonchev–Trinajstić information content (AvgIpc) is 2.91. The second-order valence-corrected chi connectivity index (χ2v) is 7.27. The molecule has 0 aliphatic heterocycles. The molecule has 134 valence electrons. The number of esters is 1. The van der Waals surface area contributed by atoms with E-state index in [1.165, 1.54) is 30.4 Å². The number of rotatable bonds is 6. The zero-order chi connectivity index (χ0) is 18.6. The summed E-state index contributed by atoms with van der Waals surface area (Å²) in [5.41, 5.74) is 1.38. The Morgan fingerprint density at radius 1 is 1.36 bits per heavy atom. The number of hydrogen-bond acceptors (Lipinski definition) is 4. The molecule has 2 rings (SSSR count). The van der Waals surface area contributed by atoms with Gasteiger partial charge in [-0.1, -0.05) is 24.9 Å². The Labute approximate surface area is 155 Å². The van der Waals surface area contributed by atoms with Crippen LogP contribution >= 0.6 is 22.9 Å². The predicted molar refractivity (Wildman–Crippen MR) is 98.0 cm³/mol.